The van der Waals surface area contributed by atoms with E-state index < -0.39 is 11.6 Å². The van der Waals surface area contributed by atoms with Gasteiger partial charge in [-0.2, -0.15) is 0 Å². The van der Waals surface area contributed by atoms with Gasteiger partial charge in [0.2, 0.25) is 0 Å². The third kappa shape index (κ3) is 6.04. The van der Waals surface area contributed by atoms with Crippen LogP contribution < -0.4 is 15.4 Å². The van der Waals surface area contributed by atoms with Crippen molar-refractivity contribution >= 4 is 17.6 Å². The van der Waals surface area contributed by atoms with Crippen molar-refractivity contribution in [2.24, 2.45) is 0 Å². The minimum atomic E-state index is -0.776. The van der Waals surface area contributed by atoms with Gasteiger partial charge in [-0.25, -0.2) is 13.6 Å². The Hall–Kier alpha value is -2.34. The zero-order valence-corrected chi connectivity index (χ0v) is 13.6. The molecule has 2 N–H and O–H groups in total. The average molecular weight is 355 g/mol. The molecule has 2 amide bonds. The number of amides is 2. The number of benzene rings is 2. The van der Waals surface area contributed by atoms with Crippen LogP contribution in [-0.4, -0.2) is 25.7 Å². The fourth-order valence-corrected chi connectivity index (χ4v) is 2.08. The molecule has 0 aromatic heterocycles. The van der Waals surface area contributed by atoms with Gasteiger partial charge in [0.15, 0.2) is 11.6 Å². The smallest absolute Gasteiger partial charge is 0.314 e. The summed E-state index contributed by atoms with van der Waals surface area (Å²) < 4.78 is 31.2. The standard InChI is InChI=1S/C17H17ClF2N2O2/c18-13-3-1-12(2-4-13)7-8-21-17(23)22-9-10-24-16-6-5-14(19)11-15(16)20/h1-6,11H,7-10H2,(H2,21,22,23). The molecule has 2 aromatic carbocycles. The average Bonchev–Trinajstić information content (AvgIpc) is 2.55. The summed E-state index contributed by atoms with van der Waals surface area (Å²) in [5, 5.41) is 5.96. The van der Waals surface area contributed by atoms with E-state index in [0.717, 1.165) is 17.7 Å². The Labute approximate surface area is 143 Å². The summed E-state index contributed by atoms with van der Waals surface area (Å²) in [6.07, 6.45) is 0.682. The second kappa shape index (κ2) is 9.08. The first-order valence-corrected chi connectivity index (χ1v) is 7.76. The minimum Gasteiger partial charge on any atom is -0.489 e. The van der Waals surface area contributed by atoms with Gasteiger partial charge in [-0.15, -0.1) is 0 Å². The molecule has 0 unspecified atom stereocenters. The maximum atomic E-state index is 13.3. The zero-order valence-electron chi connectivity index (χ0n) is 12.8. The van der Waals surface area contributed by atoms with Gasteiger partial charge in [0.1, 0.15) is 12.4 Å². The van der Waals surface area contributed by atoms with E-state index in [4.69, 9.17) is 16.3 Å². The third-order valence-corrected chi connectivity index (χ3v) is 3.40. The Morgan fingerprint density at radius 3 is 2.46 bits per heavy atom. The molecule has 0 spiro atoms. The molecule has 128 valence electrons. The van der Waals surface area contributed by atoms with Crippen LogP contribution in [0.3, 0.4) is 0 Å². The normalized spacial score (nSPS) is 10.3. The number of ether oxygens (including phenoxy) is 1. The molecule has 0 saturated heterocycles. The van der Waals surface area contributed by atoms with E-state index in [1.807, 2.05) is 12.1 Å². The molecule has 0 heterocycles. The van der Waals surface area contributed by atoms with E-state index >= 15 is 0 Å². The Morgan fingerprint density at radius 2 is 1.75 bits per heavy atom. The molecule has 0 saturated carbocycles. The molecular weight excluding hydrogens is 338 g/mol. The summed E-state index contributed by atoms with van der Waals surface area (Å²) in [6.45, 7) is 0.748. The van der Waals surface area contributed by atoms with Gasteiger partial charge in [-0.1, -0.05) is 23.7 Å². The second-order valence-corrected chi connectivity index (χ2v) is 5.42. The number of rotatable bonds is 7. The van der Waals surface area contributed by atoms with Crippen LogP contribution in [0.1, 0.15) is 5.56 Å². The SMILES string of the molecule is O=C(NCCOc1ccc(F)cc1F)NCCc1ccc(Cl)cc1. The lowest BCUT2D eigenvalue weighted by atomic mass is 10.1. The molecule has 0 fully saturated rings. The van der Waals surface area contributed by atoms with Crippen molar-refractivity contribution < 1.29 is 18.3 Å². The van der Waals surface area contributed by atoms with Crippen LogP contribution in [0, 0.1) is 11.6 Å². The van der Waals surface area contributed by atoms with Crippen molar-refractivity contribution in [3.8, 4) is 5.75 Å². The van der Waals surface area contributed by atoms with Crippen LogP contribution in [0.4, 0.5) is 13.6 Å². The molecule has 0 aliphatic heterocycles. The van der Waals surface area contributed by atoms with Gasteiger partial charge in [0, 0.05) is 17.6 Å². The predicted octanol–water partition coefficient (Wildman–Crippen LogP) is 3.54. The highest BCUT2D eigenvalue weighted by molar-refractivity contribution is 6.30. The monoisotopic (exact) mass is 354 g/mol. The van der Waals surface area contributed by atoms with E-state index in [0.29, 0.717) is 18.0 Å². The molecule has 2 aromatic rings. The summed E-state index contributed by atoms with van der Waals surface area (Å²) in [6, 6.07) is 10.1. The van der Waals surface area contributed by atoms with Crippen LogP contribution in [-0.2, 0) is 6.42 Å². The first kappa shape index (κ1) is 18.0. The molecular formula is C17H17ClF2N2O2. The molecule has 0 atom stereocenters. The van der Waals surface area contributed by atoms with Gasteiger partial charge >= 0.3 is 6.03 Å². The first-order chi connectivity index (χ1) is 11.5. The summed E-state index contributed by atoms with van der Waals surface area (Å²) in [5.41, 5.74) is 1.06. The molecule has 0 aliphatic rings. The van der Waals surface area contributed by atoms with E-state index in [1.165, 1.54) is 6.07 Å². The summed E-state index contributed by atoms with van der Waals surface area (Å²) in [4.78, 5) is 11.6. The Bertz CT molecular complexity index is 681. The number of carbonyl (C=O) groups is 1. The van der Waals surface area contributed by atoms with Crippen LogP contribution in [0.5, 0.6) is 5.75 Å². The molecule has 2 rings (SSSR count). The van der Waals surface area contributed by atoms with Crippen molar-refractivity contribution in [1.29, 1.82) is 0 Å². The maximum Gasteiger partial charge on any atom is 0.314 e. The fraction of sp³-hybridized carbons (Fsp3) is 0.235. The van der Waals surface area contributed by atoms with Crippen molar-refractivity contribution in [3.63, 3.8) is 0 Å². The maximum absolute atomic E-state index is 13.3. The van der Waals surface area contributed by atoms with Crippen molar-refractivity contribution in [1.82, 2.24) is 10.6 Å². The van der Waals surface area contributed by atoms with Gasteiger partial charge in [-0.05, 0) is 36.2 Å². The molecule has 4 nitrogen and oxygen atoms in total. The topological polar surface area (TPSA) is 50.4 Å². The number of hydrogen-bond acceptors (Lipinski definition) is 2. The highest BCUT2D eigenvalue weighted by atomic mass is 35.5. The van der Waals surface area contributed by atoms with Crippen LogP contribution >= 0.6 is 11.6 Å². The van der Waals surface area contributed by atoms with Gasteiger partial charge < -0.3 is 15.4 Å². The summed E-state index contributed by atoms with van der Waals surface area (Å²) in [5.74, 6) is -1.50. The highest BCUT2D eigenvalue weighted by Crippen LogP contribution is 2.17. The van der Waals surface area contributed by atoms with E-state index in [9.17, 15) is 13.6 Å². The van der Waals surface area contributed by atoms with Crippen molar-refractivity contribution in [2.75, 3.05) is 19.7 Å². The van der Waals surface area contributed by atoms with Gasteiger partial charge in [0.05, 0.1) is 6.54 Å². The van der Waals surface area contributed by atoms with Gasteiger partial charge in [-0.3, -0.25) is 0 Å². The largest absolute Gasteiger partial charge is 0.489 e. The van der Waals surface area contributed by atoms with E-state index in [2.05, 4.69) is 10.6 Å². The van der Waals surface area contributed by atoms with Crippen LogP contribution in [0.25, 0.3) is 0 Å². The van der Waals surface area contributed by atoms with Crippen LogP contribution in [0.2, 0.25) is 5.02 Å². The number of urea groups is 1. The lowest BCUT2D eigenvalue weighted by Crippen LogP contribution is -2.38. The Balaban J connectivity index is 1.60. The minimum absolute atomic E-state index is 0.0543. The third-order valence-electron chi connectivity index (χ3n) is 3.15. The Morgan fingerprint density at radius 1 is 1.04 bits per heavy atom. The predicted molar refractivity (Wildman–Crippen MR) is 88.4 cm³/mol. The lowest BCUT2D eigenvalue weighted by Gasteiger charge is -2.09. The molecule has 24 heavy (non-hydrogen) atoms. The molecule has 0 radical (unpaired) electrons. The zero-order chi connectivity index (χ0) is 17.4. The number of hydrogen-bond donors (Lipinski definition) is 2. The van der Waals surface area contributed by atoms with E-state index in [-0.39, 0.29) is 24.9 Å². The van der Waals surface area contributed by atoms with Crippen molar-refractivity contribution in [3.05, 3.63) is 64.7 Å². The lowest BCUT2D eigenvalue weighted by molar-refractivity contribution is 0.236. The van der Waals surface area contributed by atoms with Gasteiger partial charge in [0.25, 0.3) is 0 Å². The molecule has 0 bridgehead atoms. The van der Waals surface area contributed by atoms with E-state index in [1.54, 1.807) is 12.1 Å². The number of halogens is 3. The van der Waals surface area contributed by atoms with Crippen LogP contribution in [0.15, 0.2) is 42.5 Å². The Kier molecular flexibility index (Phi) is 6.81. The fourth-order valence-electron chi connectivity index (χ4n) is 1.95. The first-order valence-electron chi connectivity index (χ1n) is 7.38. The summed E-state index contributed by atoms with van der Waals surface area (Å²) in [7, 11) is 0. The number of nitrogens with one attached hydrogen (secondary N) is 2. The summed E-state index contributed by atoms with van der Waals surface area (Å²) >= 11 is 5.80. The quantitative estimate of drug-likeness (QED) is 0.747. The number of carbonyl (C=O) groups excluding carboxylic acids is 1. The molecule has 0 aliphatic carbocycles. The van der Waals surface area contributed by atoms with Crippen molar-refractivity contribution in [2.45, 2.75) is 6.42 Å². The molecule has 7 heteroatoms. The second-order valence-electron chi connectivity index (χ2n) is 4.98. The highest BCUT2D eigenvalue weighted by Gasteiger charge is 2.05.